The van der Waals surface area contributed by atoms with Gasteiger partial charge in [0, 0.05) is 21.9 Å². The molecule has 1 N–H and O–H groups in total. The highest BCUT2D eigenvalue weighted by Crippen LogP contribution is 2.23. The lowest BCUT2D eigenvalue weighted by Gasteiger charge is -2.02. The Morgan fingerprint density at radius 2 is 2.00 bits per heavy atom. The van der Waals surface area contributed by atoms with Crippen molar-refractivity contribution in [2.24, 2.45) is 0 Å². The molecular weight excluding hydrogens is 377 g/mol. The van der Waals surface area contributed by atoms with E-state index in [1.807, 2.05) is 0 Å². The first-order valence-corrected chi connectivity index (χ1v) is 9.24. The summed E-state index contributed by atoms with van der Waals surface area (Å²) < 4.78 is 18.3. The largest absolute Gasteiger partial charge is 0.403 e. The minimum absolute atomic E-state index is 0.0520. The standard InChI is InChI=1S/C18H15ClFN3O2S/c19-13-4-1-3-12(11-13)17-22-23-18(25-17)21-16(24)5-2-10-26-15-8-6-14(20)7-9-15/h1,3-4,6-9,11H,2,5,10H2,(H,21,23,24). The number of carbonyl (C=O) groups excluding carboxylic acids is 1. The van der Waals surface area contributed by atoms with Crippen LogP contribution in [-0.2, 0) is 4.79 Å². The van der Waals surface area contributed by atoms with Crippen molar-refractivity contribution in [1.82, 2.24) is 10.2 Å². The number of aromatic nitrogens is 2. The molecule has 0 atom stereocenters. The molecule has 0 aliphatic carbocycles. The number of thioether (sulfide) groups is 1. The zero-order valence-corrected chi connectivity index (χ0v) is 15.2. The number of rotatable bonds is 7. The molecule has 0 radical (unpaired) electrons. The molecule has 0 saturated carbocycles. The second-order valence-electron chi connectivity index (χ2n) is 5.38. The number of nitrogens with one attached hydrogen (secondary N) is 1. The van der Waals surface area contributed by atoms with Crippen molar-refractivity contribution in [2.75, 3.05) is 11.1 Å². The maximum Gasteiger partial charge on any atom is 0.322 e. The smallest absolute Gasteiger partial charge is 0.322 e. The summed E-state index contributed by atoms with van der Waals surface area (Å²) >= 11 is 7.50. The number of hydrogen-bond donors (Lipinski definition) is 1. The van der Waals surface area contributed by atoms with Gasteiger partial charge in [0.25, 0.3) is 0 Å². The quantitative estimate of drug-likeness (QED) is 0.451. The number of benzene rings is 2. The van der Waals surface area contributed by atoms with E-state index in [9.17, 15) is 9.18 Å². The van der Waals surface area contributed by atoms with Gasteiger partial charge in [0.1, 0.15) is 5.82 Å². The summed E-state index contributed by atoms with van der Waals surface area (Å²) in [6.07, 6.45) is 0.992. The molecule has 0 aliphatic rings. The SMILES string of the molecule is O=C(CCCSc1ccc(F)cc1)Nc1nnc(-c2cccc(Cl)c2)o1. The predicted molar refractivity (Wildman–Crippen MR) is 99.7 cm³/mol. The Kier molecular flexibility index (Phi) is 6.25. The molecule has 26 heavy (non-hydrogen) atoms. The number of hydrogen-bond acceptors (Lipinski definition) is 5. The Morgan fingerprint density at radius 1 is 1.19 bits per heavy atom. The van der Waals surface area contributed by atoms with Crippen LogP contribution < -0.4 is 5.32 Å². The maximum atomic E-state index is 12.8. The van der Waals surface area contributed by atoms with Crippen LogP contribution in [-0.4, -0.2) is 21.9 Å². The highest BCUT2D eigenvalue weighted by molar-refractivity contribution is 7.99. The first kappa shape index (κ1) is 18.4. The van der Waals surface area contributed by atoms with Crippen molar-refractivity contribution < 1.29 is 13.6 Å². The van der Waals surface area contributed by atoms with Crippen molar-refractivity contribution in [2.45, 2.75) is 17.7 Å². The van der Waals surface area contributed by atoms with Crippen molar-refractivity contribution in [3.8, 4) is 11.5 Å². The van der Waals surface area contributed by atoms with Crippen LogP contribution in [0.2, 0.25) is 5.02 Å². The van der Waals surface area contributed by atoms with Gasteiger partial charge in [0.15, 0.2) is 0 Å². The van der Waals surface area contributed by atoms with Crippen LogP contribution in [0.15, 0.2) is 57.8 Å². The minimum atomic E-state index is -0.259. The number of carbonyl (C=O) groups is 1. The van der Waals surface area contributed by atoms with E-state index in [1.165, 1.54) is 12.1 Å². The van der Waals surface area contributed by atoms with Gasteiger partial charge in [-0.1, -0.05) is 22.8 Å². The summed E-state index contributed by atoms with van der Waals surface area (Å²) in [5.74, 6) is 0.572. The Bertz CT molecular complexity index is 886. The van der Waals surface area contributed by atoms with E-state index >= 15 is 0 Å². The van der Waals surface area contributed by atoms with Crippen LogP contribution in [0.5, 0.6) is 0 Å². The first-order chi connectivity index (χ1) is 12.6. The zero-order chi connectivity index (χ0) is 18.4. The molecule has 2 aromatic carbocycles. The first-order valence-electron chi connectivity index (χ1n) is 7.88. The molecule has 0 aliphatic heterocycles. The topological polar surface area (TPSA) is 68.0 Å². The molecule has 1 heterocycles. The highest BCUT2D eigenvalue weighted by atomic mass is 35.5. The van der Waals surface area contributed by atoms with Crippen molar-refractivity contribution >= 4 is 35.3 Å². The molecule has 0 fully saturated rings. The molecule has 1 aromatic heterocycles. The van der Waals surface area contributed by atoms with Crippen molar-refractivity contribution in [3.05, 3.63) is 59.4 Å². The van der Waals surface area contributed by atoms with Crippen LogP contribution >= 0.6 is 23.4 Å². The Hall–Kier alpha value is -2.38. The number of amides is 1. The Balaban J connectivity index is 1.44. The molecule has 1 amide bonds. The second kappa shape index (κ2) is 8.82. The van der Waals surface area contributed by atoms with E-state index in [0.29, 0.717) is 23.4 Å². The molecule has 0 spiro atoms. The molecule has 3 aromatic rings. The summed E-state index contributed by atoms with van der Waals surface area (Å²) in [5, 5.41) is 10.9. The summed E-state index contributed by atoms with van der Waals surface area (Å²) in [7, 11) is 0. The van der Waals surface area contributed by atoms with E-state index in [-0.39, 0.29) is 23.6 Å². The lowest BCUT2D eigenvalue weighted by molar-refractivity contribution is -0.116. The Labute approximate surface area is 159 Å². The second-order valence-corrected chi connectivity index (χ2v) is 6.98. The molecule has 0 saturated heterocycles. The van der Waals surface area contributed by atoms with E-state index in [2.05, 4.69) is 15.5 Å². The van der Waals surface area contributed by atoms with Gasteiger partial charge in [-0.25, -0.2) is 4.39 Å². The number of nitrogens with zero attached hydrogens (tertiary/aromatic N) is 2. The van der Waals surface area contributed by atoms with Gasteiger partial charge in [-0.2, -0.15) is 0 Å². The lowest BCUT2D eigenvalue weighted by Crippen LogP contribution is -2.11. The van der Waals surface area contributed by atoms with Gasteiger partial charge in [-0.3, -0.25) is 10.1 Å². The normalized spacial score (nSPS) is 10.7. The monoisotopic (exact) mass is 391 g/mol. The van der Waals surface area contributed by atoms with E-state index < -0.39 is 0 Å². The number of halogens is 2. The van der Waals surface area contributed by atoms with Crippen LogP contribution in [0, 0.1) is 5.82 Å². The van der Waals surface area contributed by atoms with Crippen LogP contribution in [0.3, 0.4) is 0 Å². The van der Waals surface area contributed by atoms with Crippen molar-refractivity contribution in [3.63, 3.8) is 0 Å². The molecule has 3 rings (SSSR count). The third kappa shape index (κ3) is 5.31. The summed E-state index contributed by atoms with van der Waals surface area (Å²) in [6.45, 7) is 0. The Morgan fingerprint density at radius 3 is 2.77 bits per heavy atom. The minimum Gasteiger partial charge on any atom is -0.403 e. The predicted octanol–water partition coefficient (Wildman–Crippen LogP) is 5.04. The number of anilines is 1. The van der Waals surface area contributed by atoms with Gasteiger partial charge < -0.3 is 4.42 Å². The highest BCUT2D eigenvalue weighted by Gasteiger charge is 2.11. The fourth-order valence-electron chi connectivity index (χ4n) is 2.15. The molecular formula is C18H15ClFN3O2S. The van der Waals surface area contributed by atoms with Gasteiger partial charge >= 0.3 is 6.01 Å². The fraction of sp³-hybridized carbons (Fsp3) is 0.167. The summed E-state index contributed by atoms with van der Waals surface area (Å²) in [6, 6.07) is 13.3. The molecule has 8 heteroatoms. The third-order valence-electron chi connectivity index (χ3n) is 3.37. The zero-order valence-electron chi connectivity index (χ0n) is 13.6. The van der Waals surface area contributed by atoms with E-state index in [0.717, 1.165) is 10.6 Å². The van der Waals surface area contributed by atoms with Gasteiger partial charge in [0.2, 0.25) is 11.8 Å². The molecule has 0 unspecified atom stereocenters. The van der Waals surface area contributed by atoms with Crippen LogP contribution in [0.25, 0.3) is 11.5 Å². The molecule has 0 bridgehead atoms. The maximum absolute atomic E-state index is 12.8. The van der Waals surface area contributed by atoms with E-state index in [4.69, 9.17) is 16.0 Å². The molecule has 134 valence electrons. The van der Waals surface area contributed by atoms with Gasteiger partial charge in [-0.05, 0) is 54.6 Å². The fourth-order valence-corrected chi connectivity index (χ4v) is 3.19. The summed E-state index contributed by atoms with van der Waals surface area (Å²) in [5.41, 5.74) is 0.682. The van der Waals surface area contributed by atoms with Crippen LogP contribution in [0.4, 0.5) is 10.4 Å². The van der Waals surface area contributed by atoms with E-state index in [1.54, 1.807) is 48.2 Å². The summed E-state index contributed by atoms with van der Waals surface area (Å²) in [4.78, 5) is 12.9. The lowest BCUT2D eigenvalue weighted by atomic mass is 10.2. The average molecular weight is 392 g/mol. The van der Waals surface area contributed by atoms with Crippen LogP contribution in [0.1, 0.15) is 12.8 Å². The van der Waals surface area contributed by atoms with Gasteiger partial charge in [-0.15, -0.1) is 16.9 Å². The third-order valence-corrected chi connectivity index (χ3v) is 4.71. The van der Waals surface area contributed by atoms with Crippen molar-refractivity contribution in [1.29, 1.82) is 0 Å². The molecule has 5 nitrogen and oxygen atoms in total. The average Bonchev–Trinajstić information content (AvgIpc) is 3.09. The van der Waals surface area contributed by atoms with Gasteiger partial charge in [0.05, 0.1) is 0 Å².